The molecule has 21 heavy (non-hydrogen) atoms. The van der Waals surface area contributed by atoms with Crippen molar-refractivity contribution >= 4 is 11.0 Å². The summed E-state index contributed by atoms with van der Waals surface area (Å²) in [5, 5.41) is 4.85. The third-order valence-corrected chi connectivity index (χ3v) is 4.46. The van der Waals surface area contributed by atoms with Crippen LogP contribution in [0.25, 0.3) is 11.0 Å². The number of nitrogens with one attached hydrogen (secondary N) is 1. The Labute approximate surface area is 127 Å². The van der Waals surface area contributed by atoms with Crippen LogP contribution >= 0.6 is 0 Å². The maximum atomic E-state index is 5.86. The molecule has 0 spiro atoms. The molecule has 1 aromatic carbocycles. The predicted octanol–water partition coefficient (Wildman–Crippen LogP) is 3.79. The molecule has 0 aliphatic carbocycles. The molecular weight excluding hydrogens is 260 g/mol. The second kappa shape index (κ2) is 7.10. The first-order valence-corrected chi connectivity index (χ1v) is 8.28. The summed E-state index contributed by atoms with van der Waals surface area (Å²) in [5.74, 6) is 1.05. The number of furan rings is 1. The number of hydrogen-bond donors (Lipinski definition) is 1. The number of unbranched alkanes of at least 4 members (excludes halogenated alkanes) is 1. The van der Waals surface area contributed by atoms with Crippen LogP contribution in [0.15, 0.2) is 34.7 Å². The summed E-state index contributed by atoms with van der Waals surface area (Å²) in [6, 6.07) is 11.0. The zero-order chi connectivity index (χ0) is 14.5. The largest absolute Gasteiger partial charge is 0.460 e. The predicted molar refractivity (Wildman–Crippen MR) is 87.4 cm³/mol. The molecule has 3 rings (SSSR count). The minimum absolute atomic E-state index is 0.635. The normalized spacial score (nSPS) is 17.6. The average molecular weight is 286 g/mol. The molecule has 114 valence electrons. The van der Waals surface area contributed by atoms with Gasteiger partial charge in [-0.1, -0.05) is 31.5 Å². The van der Waals surface area contributed by atoms with Crippen LogP contribution in [-0.4, -0.2) is 30.6 Å². The summed E-state index contributed by atoms with van der Waals surface area (Å²) in [5.41, 5.74) is 0.990. The van der Waals surface area contributed by atoms with Gasteiger partial charge in [0.15, 0.2) is 0 Å². The minimum Gasteiger partial charge on any atom is -0.460 e. The molecule has 2 aromatic rings. The number of hydrogen-bond acceptors (Lipinski definition) is 3. The number of rotatable bonds is 6. The fourth-order valence-electron chi connectivity index (χ4n) is 3.11. The third kappa shape index (κ3) is 3.86. The van der Waals surface area contributed by atoms with E-state index in [0.29, 0.717) is 6.04 Å². The number of nitrogens with zero attached hydrogens (tertiary/aromatic N) is 1. The second-order valence-corrected chi connectivity index (χ2v) is 6.10. The first kappa shape index (κ1) is 14.6. The van der Waals surface area contributed by atoms with Gasteiger partial charge in [0.25, 0.3) is 0 Å². The second-order valence-electron chi connectivity index (χ2n) is 6.10. The topological polar surface area (TPSA) is 28.4 Å². The van der Waals surface area contributed by atoms with Gasteiger partial charge in [-0.3, -0.25) is 0 Å². The van der Waals surface area contributed by atoms with Gasteiger partial charge in [-0.05, 0) is 51.0 Å². The van der Waals surface area contributed by atoms with E-state index in [0.717, 1.165) is 17.9 Å². The Kier molecular flexibility index (Phi) is 4.94. The molecule has 1 fully saturated rings. The molecule has 2 heterocycles. The molecule has 1 aromatic heterocycles. The van der Waals surface area contributed by atoms with Gasteiger partial charge in [0.2, 0.25) is 0 Å². The van der Waals surface area contributed by atoms with E-state index in [9.17, 15) is 0 Å². The fourth-order valence-corrected chi connectivity index (χ4v) is 3.11. The number of para-hydroxylation sites is 1. The molecule has 0 radical (unpaired) electrons. The molecule has 1 saturated heterocycles. The highest BCUT2D eigenvalue weighted by Crippen LogP contribution is 2.19. The van der Waals surface area contributed by atoms with Gasteiger partial charge in [-0.25, -0.2) is 0 Å². The van der Waals surface area contributed by atoms with Crippen molar-refractivity contribution in [1.29, 1.82) is 0 Å². The number of likely N-dealkylation sites (tertiary alicyclic amines) is 1. The van der Waals surface area contributed by atoms with E-state index in [2.05, 4.69) is 35.3 Å². The number of fused-ring (bicyclic) bond motifs is 1. The van der Waals surface area contributed by atoms with Crippen molar-refractivity contribution < 1.29 is 4.42 Å². The highest BCUT2D eigenvalue weighted by molar-refractivity contribution is 5.77. The maximum absolute atomic E-state index is 5.86. The first-order chi connectivity index (χ1) is 10.3. The monoisotopic (exact) mass is 286 g/mol. The van der Waals surface area contributed by atoms with Gasteiger partial charge in [-0.15, -0.1) is 0 Å². The highest BCUT2D eigenvalue weighted by atomic mass is 16.3. The van der Waals surface area contributed by atoms with Crippen LogP contribution in [0.2, 0.25) is 0 Å². The van der Waals surface area contributed by atoms with Gasteiger partial charge in [0.05, 0.1) is 6.54 Å². The smallest absolute Gasteiger partial charge is 0.134 e. The summed E-state index contributed by atoms with van der Waals surface area (Å²) in [6.07, 6.45) is 5.13. The van der Waals surface area contributed by atoms with Crippen LogP contribution < -0.4 is 5.32 Å². The SMILES string of the molecule is CCCCN1CCC(NCc2cc3ccccc3o2)CC1. The molecular formula is C18H26N2O. The van der Waals surface area contributed by atoms with Gasteiger partial charge < -0.3 is 14.6 Å². The van der Waals surface area contributed by atoms with Crippen LogP contribution in [0.5, 0.6) is 0 Å². The van der Waals surface area contributed by atoms with Gasteiger partial charge in [0.1, 0.15) is 11.3 Å². The van der Waals surface area contributed by atoms with Gasteiger partial charge in [0, 0.05) is 11.4 Å². The fraction of sp³-hybridized carbons (Fsp3) is 0.556. The minimum atomic E-state index is 0.635. The molecule has 3 heteroatoms. The summed E-state index contributed by atoms with van der Waals surface area (Å²) in [6.45, 7) is 6.85. The Balaban J connectivity index is 1.45. The highest BCUT2D eigenvalue weighted by Gasteiger charge is 2.18. The summed E-state index contributed by atoms with van der Waals surface area (Å²) >= 11 is 0. The first-order valence-electron chi connectivity index (χ1n) is 8.28. The number of piperidine rings is 1. The third-order valence-electron chi connectivity index (χ3n) is 4.46. The van der Waals surface area contributed by atoms with Crippen LogP contribution in [-0.2, 0) is 6.54 Å². The van der Waals surface area contributed by atoms with Crippen molar-refractivity contribution in [2.75, 3.05) is 19.6 Å². The van der Waals surface area contributed by atoms with Gasteiger partial charge >= 0.3 is 0 Å². The summed E-state index contributed by atoms with van der Waals surface area (Å²) in [7, 11) is 0. The van der Waals surface area contributed by atoms with Gasteiger partial charge in [-0.2, -0.15) is 0 Å². The van der Waals surface area contributed by atoms with Crippen molar-refractivity contribution in [2.45, 2.75) is 45.2 Å². The van der Waals surface area contributed by atoms with Crippen molar-refractivity contribution in [3.05, 3.63) is 36.1 Å². The molecule has 1 N–H and O–H groups in total. The lowest BCUT2D eigenvalue weighted by molar-refractivity contribution is 0.193. The Morgan fingerprint density at radius 3 is 2.81 bits per heavy atom. The summed E-state index contributed by atoms with van der Waals surface area (Å²) in [4.78, 5) is 2.60. The van der Waals surface area contributed by atoms with Crippen LogP contribution in [0.4, 0.5) is 0 Å². The van der Waals surface area contributed by atoms with E-state index in [-0.39, 0.29) is 0 Å². The van der Waals surface area contributed by atoms with E-state index >= 15 is 0 Å². The Hall–Kier alpha value is -1.32. The van der Waals surface area contributed by atoms with E-state index in [1.165, 1.54) is 50.7 Å². The van der Waals surface area contributed by atoms with E-state index in [1.807, 2.05) is 12.1 Å². The molecule has 0 unspecified atom stereocenters. The van der Waals surface area contributed by atoms with E-state index in [4.69, 9.17) is 4.42 Å². The van der Waals surface area contributed by atoms with Crippen molar-refractivity contribution in [1.82, 2.24) is 10.2 Å². The molecule has 1 aliphatic heterocycles. The molecule has 0 bridgehead atoms. The molecule has 0 amide bonds. The average Bonchev–Trinajstić information content (AvgIpc) is 2.95. The zero-order valence-electron chi connectivity index (χ0n) is 13.0. The molecule has 0 saturated carbocycles. The van der Waals surface area contributed by atoms with Crippen LogP contribution in [0, 0.1) is 0 Å². The van der Waals surface area contributed by atoms with Crippen molar-refractivity contribution in [3.63, 3.8) is 0 Å². The Morgan fingerprint density at radius 2 is 2.05 bits per heavy atom. The quantitative estimate of drug-likeness (QED) is 0.876. The Morgan fingerprint density at radius 1 is 1.24 bits per heavy atom. The van der Waals surface area contributed by atoms with Crippen LogP contribution in [0.3, 0.4) is 0 Å². The standard InChI is InChI=1S/C18H26N2O/c1-2-3-10-20-11-8-16(9-12-20)19-14-17-13-15-6-4-5-7-18(15)21-17/h4-7,13,16,19H,2-3,8-12,14H2,1H3. The molecule has 0 atom stereocenters. The Bertz CT molecular complexity index is 522. The van der Waals surface area contributed by atoms with E-state index in [1.54, 1.807) is 0 Å². The lowest BCUT2D eigenvalue weighted by Crippen LogP contribution is -2.42. The van der Waals surface area contributed by atoms with Crippen molar-refractivity contribution in [2.24, 2.45) is 0 Å². The molecule has 1 aliphatic rings. The lowest BCUT2D eigenvalue weighted by atomic mass is 10.0. The summed E-state index contributed by atoms with van der Waals surface area (Å²) < 4.78 is 5.86. The molecule has 3 nitrogen and oxygen atoms in total. The van der Waals surface area contributed by atoms with Crippen LogP contribution in [0.1, 0.15) is 38.4 Å². The maximum Gasteiger partial charge on any atom is 0.134 e. The van der Waals surface area contributed by atoms with Crippen molar-refractivity contribution in [3.8, 4) is 0 Å². The lowest BCUT2D eigenvalue weighted by Gasteiger charge is -2.32. The zero-order valence-corrected chi connectivity index (χ0v) is 13.0. The van der Waals surface area contributed by atoms with E-state index < -0.39 is 0 Å². The number of benzene rings is 1.